The number of rotatable bonds is 4. The minimum atomic E-state index is -0.612. The lowest BCUT2D eigenvalue weighted by Crippen LogP contribution is -2.51. The summed E-state index contributed by atoms with van der Waals surface area (Å²) in [4.78, 5) is 51.6. The third-order valence-corrected chi connectivity index (χ3v) is 6.51. The van der Waals surface area contributed by atoms with Gasteiger partial charge in [-0.2, -0.15) is 0 Å². The second-order valence-electron chi connectivity index (χ2n) is 8.87. The van der Waals surface area contributed by atoms with Crippen molar-refractivity contribution >= 4 is 22.6 Å². The molecular weight excluding hydrogens is 463 g/mol. The highest BCUT2D eigenvalue weighted by molar-refractivity contribution is 5.78. The Kier molecular flexibility index (Phi) is 6.09. The van der Waals surface area contributed by atoms with E-state index in [9.17, 15) is 18.8 Å². The number of anilines is 1. The standard InChI is InChI=1S/C26H25FN6O3/c1-17-3-5-18(6-4-17)23-28-15-21-24(29-23)30(2)26(36)33(25(21)35)16-22(34)32-13-11-31(12-14-32)20-9-7-19(27)8-10-20/h3-10,15H,11-14,16H2,1-2H3. The van der Waals surface area contributed by atoms with Crippen LogP contribution in [0.5, 0.6) is 0 Å². The molecule has 1 aliphatic rings. The molecule has 10 heteroatoms. The van der Waals surface area contributed by atoms with E-state index in [1.54, 1.807) is 17.0 Å². The summed E-state index contributed by atoms with van der Waals surface area (Å²) in [6, 6.07) is 13.9. The van der Waals surface area contributed by atoms with E-state index in [4.69, 9.17) is 0 Å². The van der Waals surface area contributed by atoms with E-state index in [1.807, 2.05) is 31.2 Å². The highest BCUT2D eigenvalue weighted by atomic mass is 19.1. The van der Waals surface area contributed by atoms with E-state index in [-0.39, 0.29) is 29.3 Å². The number of hydrogen-bond acceptors (Lipinski definition) is 6. The topological polar surface area (TPSA) is 93.3 Å². The van der Waals surface area contributed by atoms with Gasteiger partial charge in [-0.05, 0) is 31.2 Å². The minimum Gasteiger partial charge on any atom is -0.368 e. The van der Waals surface area contributed by atoms with E-state index in [0.717, 1.165) is 21.4 Å². The molecule has 0 spiro atoms. The van der Waals surface area contributed by atoms with Gasteiger partial charge in [-0.1, -0.05) is 29.8 Å². The summed E-state index contributed by atoms with van der Waals surface area (Å²) in [5.74, 6) is -0.207. The number of benzene rings is 2. The number of hydrogen-bond donors (Lipinski definition) is 0. The van der Waals surface area contributed by atoms with Crippen LogP contribution in [0.3, 0.4) is 0 Å². The monoisotopic (exact) mass is 488 g/mol. The third-order valence-electron chi connectivity index (χ3n) is 6.51. The molecule has 2 aromatic heterocycles. The molecule has 0 saturated carbocycles. The van der Waals surface area contributed by atoms with Gasteiger partial charge in [-0.3, -0.25) is 18.7 Å². The van der Waals surface area contributed by atoms with Crippen LogP contribution in [0, 0.1) is 12.7 Å². The predicted octanol–water partition coefficient (Wildman–Crippen LogP) is 1.95. The molecule has 0 atom stereocenters. The first-order valence-electron chi connectivity index (χ1n) is 11.6. The van der Waals surface area contributed by atoms with Gasteiger partial charge in [0.1, 0.15) is 17.7 Å². The fraction of sp³-hybridized carbons (Fsp3) is 0.269. The quantitative estimate of drug-likeness (QED) is 0.436. The number of carbonyl (C=O) groups is 1. The van der Waals surface area contributed by atoms with Gasteiger partial charge in [-0.15, -0.1) is 0 Å². The van der Waals surface area contributed by atoms with Crippen LogP contribution in [0.15, 0.2) is 64.3 Å². The molecule has 1 saturated heterocycles. The van der Waals surface area contributed by atoms with Crippen molar-refractivity contribution in [3.05, 3.63) is 86.9 Å². The maximum atomic E-state index is 13.2. The van der Waals surface area contributed by atoms with Gasteiger partial charge in [-0.25, -0.2) is 19.2 Å². The second kappa shape index (κ2) is 9.37. The molecule has 1 fully saturated rings. The normalized spacial score (nSPS) is 13.9. The molecule has 0 aliphatic carbocycles. The molecule has 0 bridgehead atoms. The van der Waals surface area contributed by atoms with Crippen molar-refractivity contribution in [2.75, 3.05) is 31.1 Å². The molecule has 1 amide bonds. The zero-order valence-corrected chi connectivity index (χ0v) is 20.0. The van der Waals surface area contributed by atoms with Crippen LogP contribution in [0.2, 0.25) is 0 Å². The van der Waals surface area contributed by atoms with E-state index >= 15 is 0 Å². The number of piperazine rings is 1. The maximum Gasteiger partial charge on any atom is 0.332 e. The van der Waals surface area contributed by atoms with Crippen molar-refractivity contribution in [1.82, 2.24) is 24.0 Å². The predicted molar refractivity (Wildman–Crippen MR) is 134 cm³/mol. The van der Waals surface area contributed by atoms with Crippen molar-refractivity contribution in [2.24, 2.45) is 7.05 Å². The number of aromatic nitrogens is 4. The van der Waals surface area contributed by atoms with Crippen LogP contribution in [-0.2, 0) is 18.4 Å². The van der Waals surface area contributed by atoms with Crippen molar-refractivity contribution in [2.45, 2.75) is 13.5 Å². The van der Waals surface area contributed by atoms with Crippen LogP contribution in [-0.4, -0.2) is 56.1 Å². The molecule has 0 N–H and O–H groups in total. The summed E-state index contributed by atoms with van der Waals surface area (Å²) in [6.07, 6.45) is 1.40. The van der Waals surface area contributed by atoms with Crippen molar-refractivity contribution in [3.63, 3.8) is 0 Å². The lowest BCUT2D eigenvalue weighted by atomic mass is 10.1. The van der Waals surface area contributed by atoms with Gasteiger partial charge in [0.05, 0.1) is 0 Å². The molecule has 3 heterocycles. The molecule has 184 valence electrons. The lowest BCUT2D eigenvalue weighted by Gasteiger charge is -2.36. The van der Waals surface area contributed by atoms with E-state index in [1.165, 1.54) is 29.9 Å². The second-order valence-corrected chi connectivity index (χ2v) is 8.87. The molecule has 9 nitrogen and oxygen atoms in total. The zero-order chi connectivity index (χ0) is 25.4. The summed E-state index contributed by atoms with van der Waals surface area (Å²) in [7, 11) is 1.53. The average Bonchev–Trinajstić information content (AvgIpc) is 2.90. The van der Waals surface area contributed by atoms with Crippen molar-refractivity contribution in [1.29, 1.82) is 0 Å². The Bertz CT molecular complexity index is 1550. The fourth-order valence-electron chi connectivity index (χ4n) is 4.37. The molecule has 4 aromatic rings. The Morgan fingerprint density at radius 2 is 1.64 bits per heavy atom. The first-order valence-corrected chi connectivity index (χ1v) is 11.6. The fourth-order valence-corrected chi connectivity index (χ4v) is 4.37. The Balaban J connectivity index is 1.36. The molecule has 5 rings (SSSR count). The number of carbonyl (C=O) groups excluding carboxylic acids is 1. The number of fused-ring (bicyclic) bond motifs is 1. The van der Waals surface area contributed by atoms with Gasteiger partial charge in [0.15, 0.2) is 11.5 Å². The van der Waals surface area contributed by atoms with Gasteiger partial charge in [0.2, 0.25) is 5.91 Å². The van der Waals surface area contributed by atoms with Gasteiger partial charge >= 0.3 is 5.69 Å². The number of aryl methyl sites for hydroxylation is 2. The Hall–Kier alpha value is -4.34. The Morgan fingerprint density at radius 1 is 0.972 bits per heavy atom. The van der Waals surface area contributed by atoms with Crippen molar-refractivity contribution < 1.29 is 9.18 Å². The smallest absolute Gasteiger partial charge is 0.332 e. The molecular formula is C26H25FN6O3. The molecule has 2 aromatic carbocycles. The summed E-state index contributed by atoms with van der Waals surface area (Å²) >= 11 is 0. The molecule has 1 aliphatic heterocycles. The van der Waals surface area contributed by atoms with E-state index < -0.39 is 11.2 Å². The van der Waals surface area contributed by atoms with Gasteiger partial charge in [0, 0.05) is 50.7 Å². The van der Waals surface area contributed by atoms with Crippen LogP contribution >= 0.6 is 0 Å². The largest absolute Gasteiger partial charge is 0.368 e. The molecule has 0 unspecified atom stereocenters. The third kappa shape index (κ3) is 4.37. The summed E-state index contributed by atoms with van der Waals surface area (Å²) in [6.45, 7) is 3.61. The zero-order valence-electron chi connectivity index (χ0n) is 20.0. The summed E-state index contributed by atoms with van der Waals surface area (Å²) in [5, 5.41) is 0.168. The van der Waals surface area contributed by atoms with Gasteiger partial charge in [0.25, 0.3) is 5.56 Å². The molecule has 0 radical (unpaired) electrons. The number of amides is 1. The highest BCUT2D eigenvalue weighted by Gasteiger charge is 2.23. The van der Waals surface area contributed by atoms with Gasteiger partial charge < -0.3 is 9.80 Å². The Labute approximate surface area is 206 Å². The highest BCUT2D eigenvalue weighted by Crippen LogP contribution is 2.18. The first kappa shape index (κ1) is 23.4. The minimum absolute atomic E-state index is 0.168. The van der Waals surface area contributed by atoms with E-state index in [0.29, 0.717) is 32.0 Å². The van der Waals surface area contributed by atoms with Crippen molar-refractivity contribution in [3.8, 4) is 11.4 Å². The van der Waals surface area contributed by atoms with Crippen LogP contribution in [0.25, 0.3) is 22.4 Å². The van der Waals surface area contributed by atoms with Crippen LogP contribution < -0.4 is 16.1 Å². The summed E-state index contributed by atoms with van der Waals surface area (Å²) in [5.41, 5.74) is 1.76. The number of halogens is 1. The average molecular weight is 489 g/mol. The van der Waals surface area contributed by atoms with Crippen LogP contribution in [0.1, 0.15) is 5.56 Å². The number of nitrogens with zero attached hydrogens (tertiary/aromatic N) is 6. The van der Waals surface area contributed by atoms with Crippen LogP contribution in [0.4, 0.5) is 10.1 Å². The lowest BCUT2D eigenvalue weighted by molar-refractivity contribution is -0.132. The first-order chi connectivity index (χ1) is 17.3. The molecule has 36 heavy (non-hydrogen) atoms. The summed E-state index contributed by atoms with van der Waals surface area (Å²) < 4.78 is 15.4. The SMILES string of the molecule is Cc1ccc(-c2ncc3c(=O)n(CC(=O)N4CCN(c5ccc(F)cc5)CC4)c(=O)n(C)c3n2)cc1. The Morgan fingerprint density at radius 3 is 2.31 bits per heavy atom. The van der Waals surface area contributed by atoms with E-state index in [2.05, 4.69) is 14.9 Å². The maximum absolute atomic E-state index is 13.2.